The van der Waals surface area contributed by atoms with E-state index in [0.717, 1.165) is 0 Å². The van der Waals surface area contributed by atoms with Gasteiger partial charge in [-0.1, -0.05) is 0 Å². The zero-order chi connectivity index (χ0) is 12.7. The van der Waals surface area contributed by atoms with Gasteiger partial charge in [0, 0.05) is 26.2 Å². The van der Waals surface area contributed by atoms with Crippen LogP contribution in [0.1, 0.15) is 27.2 Å². The van der Waals surface area contributed by atoms with Crippen LogP contribution in [0.4, 0.5) is 0 Å². The van der Waals surface area contributed by atoms with Crippen molar-refractivity contribution in [1.29, 1.82) is 0 Å². The van der Waals surface area contributed by atoms with E-state index >= 15 is 0 Å². The average Bonchev–Trinajstić information content (AvgIpc) is 2.68. The molecule has 1 aliphatic rings. The van der Waals surface area contributed by atoms with Crippen molar-refractivity contribution in [3.63, 3.8) is 0 Å². The Morgan fingerprint density at radius 2 is 1.63 bits per heavy atom. The molecule has 3 rings (SSSR count). The van der Waals surface area contributed by atoms with Gasteiger partial charge in [0.1, 0.15) is 0 Å². The number of benzene rings is 2. The fourth-order valence-electron chi connectivity index (χ4n) is 2.69. The van der Waals surface area contributed by atoms with Gasteiger partial charge in [0.15, 0.2) is 0 Å². The van der Waals surface area contributed by atoms with Crippen molar-refractivity contribution in [1.82, 2.24) is 0 Å². The Labute approximate surface area is 149 Å². The molecule has 0 amide bonds. The van der Waals surface area contributed by atoms with Crippen LogP contribution in [-0.2, 0) is 50.9 Å². The minimum atomic E-state index is 0. The number of hydrogen-bond acceptors (Lipinski definition) is 0. The van der Waals surface area contributed by atoms with E-state index in [1.807, 2.05) is 0 Å². The van der Waals surface area contributed by atoms with Gasteiger partial charge in [-0.25, -0.2) is 0 Å². The van der Waals surface area contributed by atoms with Crippen LogP contribution in [0, 0.1) is 6.92 Å². The molecule has 19 heavy (non-hydrogen) atoms. The van der Waals surface area contributed by atoms with Crippen LogP contribution in [0.5, 0.6) is 0 Å². The second-order valence-corrected chi connectivity index (χ2v) is 6.36. The Kier molecular flexibility index (Phi) is 4.97. The van der Waals surface area contributed by atoms with Crippen molar-refractivity contribution in [3.05, 3.63) is 64.7 Å². The third kappa shape index (κ3) is 2.72. The minimum Gasteiger partial charge on any atom is 0 e. The quantitative estimate of drug-likeness (QED) is 0.652. The summed E-state index contributed by atoms with van der Waals surface area (Å²) in [7, 11) is 0. The summed E-state index contributed by atoms with van der Waals surface area (Å²) in [6, 6.07) is 15.2. The maximum Gasteiger partial charge on any atom is 0 e. The summed E-state index contributed by atoms with van der Waals surface area (Å²) >= 11 is 1.59. The number of hydrogen-bond donors (Lipinski definition) is 0. The second kappa shape index (κ2) is 6.15. The summed E-state index contributed by atoms with van der Waals surface area (Å²) < 4.78 is 0.649. The zero-order valence-electron chi connectivity index (χ0n) is 11.2. The monoisotopic (exact) mass is 399 g/mol. The van der Waals surface area contributed by atoms with E-state index in [1.165, 1.54) is 27.8 Å². The molecule has 0 N–H and O–H groups in total. The molecule has 0 radical (unpaired) electrons. The predicted molar refractivity (Wildman–Crippen MR) is 73.0 cm³/mol. The maximum atomic E-state index is 2.38. The summed E-state index contributed by atoms with van der Waals surface area (Å²) in [5.74, 6) is 0. The van der Waals surface area contributed by atoms with E-state index in [2.05, 4.69) is 62.4 Å². The van der Waals surface area contributed by atoms with Crippen LogP contribution in [0.15, 0.2) is 48.0 Å². The summed E-state index contributed by atoms with van der Waals surface area (Å²) in [6.07, 6.45) is 2.38. The summed E-state index contributed by atoms with van der Waals surface area (Å²) in [4.78, 5) is 0. The fraction of sp³-hybridized carbons (Fsp3) is 0.176. The van der Waals surface area contributed by atoms with Gasteiger partial charge in [0.2, 0.25) is 0 Å². The van der Waals surface area contributed by atoms with Crippen LogP contribution < -0.4 is 0 Å². The molecule has 0 fully saturated rings. The van der Waals surface area contributed by atoms with Crippen molar-refractivity contribution >= 4 is 6.08 Å². The Morgan fingerprint density at radius 3 is 2.32 bits per heavy atom. The van der Waals surface area contributed by atoms with Gasteiger partial charge in [-0.3, -0.25) is 0 Å². The van der Waals surface area contributed by atoms with E-state index in [1.54, 1.807) is 30.3 Å². The molecule has 1 unspecified atom stereocenters. The predicted octanol–water partition coefficient (Wildman–Crippen LogP) is 4.66. The van der Waals surface area contributed by atoms with Crippen molar-refractivity contribution in [2.24, 2.45) is 0 Å². The van der Waals surface area contributed by atoms with Gasteiger partial charge in [0.05, 0.1) is 0 Å². The third-order valence-electron chi connectivity index (χ3n) is 3.71. The first-order valence-electron chi connectivity index (χ1n) is 6.26. The second-order valence-electron chi connectivity index (χ2n) is 4.94. The number of aryl methyl sites for hydroxylation is 1. The normalized spacial score (nSPS) is 16.5. The first-order chi connectivity index (χ1) is 8.68. The molecule has 2 aromatic rings. The molecule has 91 valence electrons. The summed E-state index contributed by atoms with van der Waals surface area (Å²) in [6.45, 7) is 4.49. The molecule has 0 aliphatic heterocycles. The number of rotatable bonds is 1. The molecule has 0 bridgehead atoms. The van der Waals surface area contributed by atoms with Crippen molar-refractivity contribution in [2.75, 3.05) is 0 Å². The van der Waals surface area contributed by atoms with Gasteiger partial charge < -0.3 is 0 Å². The molecular weight excluding hydrogens is 387 g/mol. The number of allylic oxidation sites excluding steroid dienone is 1. The number of fused-ring (bicyclic) bond motifs is 1. The van der Waals surface area contributed by atoms with Crippen LogP contribution >= 0.6 is 0 Å². The average molecular weight is 402 g/mol. The Bertz CT molecular complexity index is 627. The summed E-state index contributed by atoms with van der Waals surface area (Å²) in [5, 5.41) is 0. The molecular formula is C17H15Zr2. The van der Waals surface area contributed by atoms with Crippen LogP contribution in [0.25, 0.3) is 17.2 Å². The third-order valence-corrected chi connectivity index (χ3v) is 5.53. The molecule has 0 heterocycles. The fourth-order valence-corrected chi connectivity index (χ4v) is 3.84. The molecule has 0 spiro atoms. The zero-order valence-corrected chi connectivity index (χ0v) is 16.1. The SMILES string of the molecule is CC1=Cc2c(-c3ccccc3)ccc(C)c2[CH]1[Zr].[Zr]. The first-order valence-corrected chi connectivity index (χ1v) is 7.68. The Morgan fingerprint density at radius 1 is 0.947 bits per heavy atom. The standard InChI is InChI=1S/C17H15.2Zr/c1-12-10-16-13(2)8-9-15(17(16)11-12)14-6-4-3-5-7-14;;/h3-11H,1-2H3;;. The van der Waals surface area contributed by atoms with Crippen LogP contribution in [0.2, 0.25) is 0 Å². The van der Waals surface area contributed by atoms with E-state index in [-0.39, 0.29) is 26.2 Å². The van der Waals surface area contributed by atoms with E-state index < -0.39 is 0 Å². The van der Waals surface area contributed by atoms with Gasteiger partial charge in [-0.05, 0) is 0 Å². The Balaban J connectivity index is 0.00000133. The molecule has 0 saturated heterocycles. The van der Waals surface area contributed by atoms with Gasteiger partial charge in [-0.15, -0.1) is 0 Å². The van der Waals surface area contributed by atoms with Gasteiger partial charge in [0.25, 0.3) is 0 Å². The molecule has 1 atom stereocenters. The van der Waals surface area contributed by atoms with Crippen LogP contribution in [-0.4, -0.2) is 0 Å². The van der Waals surface area contributed by atoms with Crippen molar-refractivity contribution in [2.45, 2.75) is 17.5 Å². The van der Waals surface area contributed by atoms with E-state index in [0.29, 0.717) is 3.63 Å². The van der Waals surface area contributed by atoms with Crippen molar-refractivity contribution < 1.29 is 50.9 Å². The smallest absolute Gasteiger partial charge is 0 e. The van der Waals surface area contributed by atoms with E-state index in [4.69, 9.17) is 0 Å². The van der Waals surface area contributed by atoms with Crippen LogP contribution in [0.3, 0.4) is 0 Å². The largest absolute Gasteiger partial charge is 0 e. The Hall–Kier alpha value is -0.0538. The van der Waals surface area contributed by atoms with Gasteiger partial charge in [-0.2, -0.15) is 0 Å². The summed E-state index contributed by atoms with van der Waals surface area (Å²) in [5.41, 5.74) is 8.63. The minimum absolute atomic E-state index is 0. The maximum absolute atomic E-state index is 2.38. The van der Waals surface area contributed by atoms with Crippen molar-refractivity contribution in [3.8, 4) is 11.1 Å². The molecule has 2 heteroatoms. The molecule has 0 aromatic heterocycles. The van der Waals surface area contributed by atoms with E-state index in [9.17, 15) is 0 Å². The van der Waals surface area contributed by atoms with Gasteiger partial charge >= 0.3 is 124 Å². The topological polar surface area (TPSA) is 0 Å². The molecule has 2 aromatic carbocycles. The molecule has 0 saturated carbocycles. The molecule has 0 nitrogen and oxygen atoms in total. The molecule has 1 aliphatic carbocycles. The first kappa shape index (κ1) is 15.3.